The SMILES string of the molecule is CCc1ccc(-c2ccc(N3CCN(C(=O)c4ccc5ccccc5n4)CC3)nn2)cc1. The van der Waals surface area contributed by atoms with Crippen LogP contribution in [-0.4, -0.2) is 52.2 Å². The van der Waals surface area contributed by atoms with Gasteiger partial charge in [-0.15, -0.1) is 10.2 Å². The van der Waals surface area contributed by atoms with Gasteiger partial charge in [0.1, 0.15) is 5.69 Å². The molecule has 0 atom stereocenters. The Kier molecular flexibility index (Phi) is 5.50. The lowest BCUT2D eigenvalue weighted by Gasteiger charge is -2.35. The van der Waals surface area contributed by atoms with E-state index in [4.69, 9.17) is 0 Å². The highest BCUT2D eigenvalue weighted by Crippen LogP contribution is 2.21. The molecule has 4 aromatic rings. The first-order valence-electron chi connectivity index (χ1n) is 11.0. The van der Waals surface area contributed by atoms with Crippen molar-refractivity contribution in [2.24, 2.45) is 0 Å². The predicted octanol–water partition coefficient (Wildman–Crippen LogP) is 4.22. The van der Waals surface area contributed by atoms with Gasteiger partial charge in [0.05, 0.1) is 11.2 Å². The Morgan fingerprint density at radius 3 is 2.34 bits per heavy atom. The molecule has 5 rings (SSSR count). The standard InChI is InChI=1S/C26H25N5O/c1-2-19-7-9-21(10-8-19)23-13-14-25(29-28-23)30-15-17-31(18-16-30)26(32)24-12-11-20-5-3-4-6-22(20)27-24/h3-14H,2,15-18H2,1H3. The Morgan fingerprint density at radius 2 is 1.62 bits per heavy atom. The van der Waals surface area contributed by atoms with E-state index < -0.39 is 0 Å². The van der Waals surface area contributed by atoms with Crippen LogP contribution in [0.1, 0.15) is 23.0 Å². The summed E-state index contributed by atoms with van der Waals surface area (Å²) >= 11 is 0. The highest BCUT2D eigenvalue weighted by molar-refractivity contribution is 5.95. The first-order chi connectivity index (χ1) is 15.7. The fraction of sp³-hybridized carbons (Fsp3) is 0.231. The van der Waals surface area contributed by atoms with Crippen LogP contribution < -0.4 is 4.90 Å². The van der Waals surface area contributed by atoms with Gasteiger partial charge in [-0.3, -0.25) is 4.79 Å². The van der Waals surface area contributed by atoms with E-state index in [0.717, 1.165) is 47.5 Å². The monoisotopic (exact) mass is 423 g/mol. The minimum atomic E-state index is -0.0210. The van der Waals surface area contributed by atoms with Gasteiger partial charge in [0.15, 0.2) is 5.82 Å². The average molecular weight is 424 g/mol. The largest absolute Gasteiger partial charge is 0.352 e. The summed E-state index contributed by atoms with van der Waals surface area (Å²) < 4.78 is 0. The quantitative estimate of drug-likeness (QED) is 0.492. The molecule has 0 unspecified atom stereocenters. The van der Waals surface area contributed by atoms with Gasteiger partial charge in [0, 0.05) is 37.1 Å². The number of anilines is 1. The molecule has 1 fully saturated rings. The fourth-order valence-electron chi connectivity index (χ4n) is 4.04. The van der Waals surface area contributed by atoms with Gasteiger partial charge in [-0.25, -0.2) is 4.98 Å². The van der Waals surface area contributed by atoms with Crippen molar-refractivity contribution in [1.29, 1.82) is 0 Å². The number of fused-ring (bicyclic) bond motifs is 1. The number of nitrogens with zero attached hydrogens (tertiary/aromatic N) is 5. The number of amides is 1. The Balaban J connectivity index is 1.23. The first kappa shape index (κ1) is 20.1. The maximum absolute atomic E-state index is 13.0. The van der Waals surface area contributed by atoms with Crippen molar-refractivity contribution < 1.29 is 4.79 Å². The van der Waals surface area contributed by atoms with E-state index in [1.54, 1.807) is 0 Å². The number of aromatic nitrogens is 3. The number of para-hydroxylation sites is 1. The summed E-state index contributed by atoms with van der Waals surface area (Å²) in [6.07, 6.45) is 1.02. The van der Waals surface area contributed by atoms with Crippen LogP contribution in [0.4, 0.5) is 5.82 Å². The highest BCUT2D eigenvalue weighted by atomic mass is 16.2. The summed E-state index contributed by atoms with van der Waals surface area (Å²) in [7, 11) is 0. The van der Waals surface area contributed by atoms with Gasteiger partial charge >= 0.3 is 0 Å². The van der Waals surface area contributed by atoms with Crippen LogP contribution in [0.15, 0.2) is 72.8 Å². The molecule has 32 heavy (non-hydrogen) atoms. The zero-order valence-electron chi connectivity index (χ0n) is 18.1. The van der Waals surface area contributed by atoms with Crippen LogP contribution in [0.25, 0.3) is 22.2 Å². The molecule has 0 saturated carbocycles. The summed E-state index contributed by atoms with van der Waals surface area (Å²) in [5.41, 5.74) is 4.59. The maximum Gasteiger partial charge on any atom is 0.272 e. The first-order valence-corrected chi connectivity index (χ1v) is 11.0. The molecule has 0 spiro atoms. The summed E-state index contributed by atoms with van der Waals surface area (Å²) in [4.78, 5) is 21.5. The van der Waals surface area contributed by atoms with Crippen LogP contribution in [0.2, 0.25) is 0 Å². The highest BCUT2D eigenvalue weighted by Gasteiger charge is 2.24. The van der Waals surface area contributed by atoms with Crippen LogP contribution in [-0.2, 0) is 6.42 Å². The molecule has 3 heterocycles. The van der Waals surface area contributed by atoms with Gasteiger partial charge in [-0.05, 0) is 36.2 Å². The zero-order valence-corrected chi connectivity index (χ0v) is 18.1. The van der Waals surface area contributed by atoms with E-state index in [1.807, 2.05) is 53.4 Å². The predicted molar refractivity (Wildman–Crippen MR) is 127 cm³/mol. The molecule has 2 aromatic heterocycles. The number of benzene rings is 2. The van der Waals surface area contributed by atoms with Crippen LogP contribution in [0.3, 0.4) is 0 Å². The molecular weight excluding hydrogens is 398 g/mol. The van der Waals surface area contributed by atoms with Gasteiger partial charge < -0.3 is 9.80 Å². The number of hydrogen-bond acceptors (Lipinski definition) is 5. The lowest BCUT2D eigenvalue weighted by molar-refractivity contribution is 0.0741. The lowest BCUT2D eigenvalue weighted by atomic mass is 10.1. The third-order valence-electron chi connectivity index (χ3n) is 6.02. The number of piperazine rings is 1. The Bertz CT molecular complexity index is 1230. The van der Waals surface area contributed by atoms with Crippen LogP contribution >= 0.6 is 0 Å². The summed E-state index contributed by atoms with van der Waals surface area (Å²) in [6.45, 7) is 4.86. The van der Waals surface area contributed by atoms with Crippen LogP contribution in [0.5, 0.6) is 0 Å². The van der Waals surface area contributed by atoms with E-state index >= 15 is 0 Å². The van der Waals surface area contributed by atoms with Gasteiger partial charge in [0.2, 0.25) is 0 Å². The third kappa shape index (κ3) is 4.04. The van der Waals surface area contributed by atoms with Gasteiger partial charge in [-0.1, -0.05) is 55.5 Å². The second kappa shape index (κ2) is 8.75. The molecule has 0 N–H and O–H groups in total. The van der Waals surface area contributed by atoms with Crippen molar-refractivity contribution in [2.45, 2.75) is 13.3 Å². The molecule has 1 amide bonds. The topological polar surface area (TPSA) is 62.2 Å². The molecule has 6 heteroatoms. The van der Waals surface area contributed by atoms with Crippen molar-refractivity contribution >= 4 is 22.6 Å². The van der Waals surface area contributed by atoms with E-state index in [1.165, 1.54) is 5.56 Å². The van der Waals surface area contributed by atoms with E-state index in [0.29, 0.717) is 18.8 Å². The van der Waals surface area contributed by atoms with Crippen molar-refractivity contribution in [2.75, 3.05) is 31.1 Å². The molecule has 6 nitrogen and oxygen atoms in total. The van der Waals surface area contributed by atoms with E-state index in [9.17, 15) is 4.79 Å². The Morgan fingerprint density at radius 1 is 0.844 bits per heavy atom. The molecular formula is C26H25N5O. The minimum Gasteiger partial charge on any atom is -0.352 e. The smallest absolute Gasteiger partial charge is 0.272 e. The zero-order chi connectivity index (χ0) is 21.9. The fourth-order valence-corrected chi connectivity index (χ4v) is 4.04. The second-order valence-corrected chi connectivity index (χ2v) is 8.00. The number of pyridine rings is 1. The number of carbonyl (C=O) groups is 1. The van der Waals surface area contributed by atoms with Crippen molar-refractivity contribution in [3.63, 3.8) is 0 Å². The third-order valence-corrected chi connectivity index (χ3v) is 6.02. The van der Waals surface area contributed by atoms with E-state index in [2.05, 4.69) is 51.3 Å². The average Bonchev–Trinajstić information content (AvgIpc) is 2.88. The summed E-state index contributed by atoms with van der Waals surface area (Å²) in [5, 5.41) is 9.91. The summed E-state index contributed by atoms with van der Waals surface area (Å²) in [5.74, 6) is 0.821. The van der Waals surface area contributed by atoms with Gasteiger partial charge in [-0.2, -0.15) is 0 Å². The molecule has 1 aliphatic rings. The van der Waals surface area contributed by atoms with Crippen LogP contribution in [0, 0.1) is 0 Å². The molecule has 1 aliphatic heterocycles. The number of hydrogen-bond donors (Lipinski definition) is 0. The normalized spacial score (nSPS) is 14.0. The van der Waals surface area contributed by atoms with Crippen molar-refractivity contribution in [3.05, 3.63) is 84.1 Å². The number of rotatable bonds is 4. The molecule has 0 radical (unpaired) electrons. The van der Waals surface area contributed by atoms with Crippen molar-refractivity contribution in [3.8, 4) is 11.3 Å². The minimum absolute atomic E-state index is 0.0210. The van der Waals surface area contributed by atoms with Crippen molar-refractivity contribution in [1.82, 2.24) is 20.1 Å². The van der Waals surface area contributed by atoms with E-state index in [-0.39, 0.29) is 5.91 Å². The molecule has 2 aromatic carbocycles. The Labute approximate surface area is 187 Å². The number of carbonyl (C=O) groups excluding carboxylic acids is 1. The lowest BCUT2D eigenvalue weighted by Crippen LogP contribution is -2.49. The molecule has 160 valence electrons. The second-order valence-electron chi connectivity index (χ2n) is 8.00. The summed E-state index contributed by atoms with van der Waals surface area (Å²) in [6, 6.07) is 24.1. The maximum atomic E-state index is 13.0. The van der Waals surface area contributed by atoms with Gasteiger partial charge in [0.25, 0.3) is 5.91 Å². The Hall–Kier alpha value is -3.80. The molecule has 0 bridgehead atoms. The molecule has 0 aliphatic carbocycles. The molecule has 1 saturated heterocycles. The number of aryl methyl sites for hydroxylation is 1.